The molecule has 3 heteroatoms. The molecule has 1 fully saturated rings. The molecule has 2 atom stereocenters. The van der Waals surface area contributed by atoms with E-state index in [0.717, 1.165) is 17.2 Å². The van der Waals surface area contributed by atoms with Gasteiger partial charge in [0.15, 0.2) is 0 Å². The Balaban J connectivity index is 2.52. The quantitative estimate of drug-likeness (QED) is 0.751. The molecule has 0 aliphatic carbocycles. The maximum absolute atomic E-state index is 3.81. The van der Waals surface area contributed by atoms with Gasteiger partial charge in [-0.1, -0.05) is 33.6 Å². The van der Waals surface area contributed by atoms with Crippen LogP contribution in [0.2, 0.25) is 0 Å². The predicted octanol–water partition coefficient (Wildman–Crippen LogP) is 3.64. The SMILES string of the molecule is CCCNC(C(CC)CC)C1CSCCS1. The maximum atomic E-state index is 3.81. The molecular formula is C13H27NS2. The highest BCUT2D eigenvalue weighted by molar-refractivity contribution is 8.06. The molecule has 1 saturated heterocycles. The van der Waals surface area contributed by atoms with E-state index in [2.05, 4.69) is 49.6 Å². The molecule has 1 rings (SSSR count). The van der Waals surface area contributed by atoms with Crippen molar-refractivity contribution >= 4 is 23.5 Å². The second-order valence-electron chi connectivity index (χ2n) is 4.54. The van der Waals surface area contributed by atoms with Crippen LogP contribution in [0.3, 0.4) is 0 Å². The highest BCUT2D eigenvalue weighted by Crippen LogP contribution is 2.31. The number of thioether (sulfide) groups is 2. The van der Waals surface area contributed by atoms with Crippen LogP contribution in [0.15, 0.2) is 0 Å². The van der Waals surface area contributed by atoms with Crippen LogP contribution in [-0.4, -0.2) is 35.1 Å². The molecule has 0 amide bonds. The Morgan fingerprint density at radius 2 is 1.94 bits per heavy atom. The van der Waals surface area contributed by atoms with Gasteiger partial charge in [-0.15, -0.1) is 0 Å². The summed E-state index contributed by atoms with van der Waals surface area (Å²) < 4.78 is 0. The number of rotatable bonds is 7. The van der Waals surface area contributed by atoms with Crippen molar-refractivity contribution in [2.75, 3.05) is 23.8 Å². The Labute approximate surface area is 110 Å². The van der Waals surface area contributed by atoms with Crippen LogP contribution in [0.25, 0.3) is 0 Å². The molecule has 96 valence electrons. The van der Waals surface area contributed by atoms with Gasteiger partial charge in [0.1, 0.15) is 0 Å². The molecule has 0 saturated carbocycles. The van der Waals surface area contributed by atoms with Crippen LogP contribution in [-0.2, 0) is 0 Å². The van der Waals surface area contributed by atoms with Crippen LogP contribution >= 0.6 is 23.5 Å². The van der Waals surface area contributed by atoms with E-state index >= 15 is 0 Å². The van der Waals surface area contributed by atoms with Gasteiger partial charge in [-0.3, -0.25) is 0 Å². The van der Waals surface area contributed by atoms with Crippen molar-refractivity contribution in [3.8, 4) is 0 Å². The lowest BCUT2D eigenvalue weighted by Gasteiger charge is -2.35. The van der Waals surface area contributed by atoms with E-state index < -0.39 is 0 Å². The van der Waals surface area contributed by atoms with Gasteiger partial charge in [-0.25, -0.2) is 0 Å². The van der Waals surface area contributed by atoms with E-state index in [-0.39, 0.29) is 0 Å². The first-order valence-corrected chi connectivity index (χ1v) is 8.96. The molecule has 0 aromatic heterocycles. The summed E-state index contributed by atoms with van der Waals surface area (Å²) >= 11 is 4.34. The maximum Gasteiger partial charge on any atom is 0.0294 e. The molecule has 1 nitrogen and oxygen atoms in total. The molecule has 0 aromatic carbocycles. The van der Waals surface area contributed by atoms with Crippen LogP contribution in [0, 0.1) is 5.92 Å². The molecule has 0 spiro atoms. The standard InChI is InChI=1S/C13H27NS2/c1-4-7-14-13(11(5-2)6-3)12-10-15-8-9-16-12/h11-14H,4-10H2,1-3H3. The van der Waals surface area contributed by atoms with Gasteiger partial charge in [0.2, 0.25) is 0 Å². The topological polar surface area (TPSA) is 12.0 Å². The Bertz CT molecular complexity index is 165. The Kier molecular flexibility index (Phi) is 8.01. The van der Waals surface area contributed by atoms with E-state index in [4.69, 9.17) is 0 Å². The number of nitrogens with one attached hydrogen (secondary N) is 1. The first-order valence-electron chi connectivity index (χ1n) is 6.76. The third kappa shape index (κ3) is 4.50. The fraction of sp³-hybridized carbons (Fsp3) is 1.00. The molecule has 2 unspecified atom stereocenters. The monoisotopic (exact) mass is 261 g/mol. The smallest absolute Gasteiger partial charge is 0.0294 e. The lowest BCUT2D eigenvalue weighted by molar-refractivity contribution is 0.333. The first kappa shape index (κ1) is 14.7. The lowest BCUT2D eigenvalue weighted by Crippen LogP contribution is -2.46. The van der Waals surface area contributed by atoms with Crippen LogP contribution in [0.4, 0.5) is 0 Å². The third-order valence-electron chi connectivity index (χ3n) is 3.43. The summed E-state index contributed by atoms with van der Waals surface area (Å²) in [4.78, 5) is 0. The highest BCUT2D eigenvalue weighted by Gasteiger charge is 2.28. The van der Waals surface area contributed by atoms with E-state index in [9.17, 15) is 0 Å². The summed E-state index contributed by atoms with van der Waals surface area (Å²) in [5.41, 5.74) is 0. The third-order valence-corrected chi connectivity index (χ3v) is 6.31. The van der Waals surface area contributed by atoms with Crippen molar-refractivity contribution in [2.24, 2.45) is 5.92 Å². The summed E-state index contributed by atoms with van der Waals surface area (Å²) in [5.74, 6) is 4.91. The van der Waals surface area contributed by atoms with E-state index in [1.165, 1.54) is 43.1 Å². The molecule has 1 N–H and O–H groups in total. The first-order chi connectivity index (χ1) is 7.83. The molecule has 1 aliphatic rings. The van der Waals surface area contributed by atoms with Gasteiger partial charge >= 0.3 is 0 Å². The van der Waals surface area contributed by atoms with Crippen molar-refractivity contribution in [3.05, 3.63) is 0 Å². The second-order valence-corrected chi connectivity index (χ2v) is 7.04. The highest BCUT2D eigenvalue weighted by atomic mass is 32.2. The summed E-state index contributed by atoms with van der Waals surface area (Å²) in [6.07, 6.45) is 3.89. The van der Waals surface area contributed by atoms with Crippen LogP contribution in [0.5, 0.6) is 0 Å². The van der Waals surface area contributed by atoms with Crippen LogP contribution < -0.4 is 5.32 Å². The van der Waals surface area contributed by atoms with Crippen molar-refractivity contribution in [1.82, 2.24) is 5.32 Å². The zero-order chi connectivity index (χ0) is 11.8. The Morgan fingerprint density at radius 1 is 1.19 bits per heavy atom. The van der Waals surface area contributed by atoms with Crippen molar-refractivity contribution in [3.63, 3.8) is 0 Å². The molecular weight excluding hydrogens is 234 g/mol. The summed E-state index contributed by atoms with van der Waals surface area (Å²) in [6, 6.07) is 0.743. The Morgan fingerprint density at radius 3 is 2.44 bits per heavy atom. The zero-order valence-electron chi connectivity index (χ0n) is 11.0. The minimum atomic E-state index is 0.743. The van der Waals surface area contributed by atoms with Gasteiger partial charge in [-0.05, 0) is 18.9 Å². The van der Waals surface area contributed by atoms with E-state index in [1.807, 2.05) is 0 Å². The fourth-order valence-electron chi connectivity index (χ4n) is 2.42. The van der Waals surface area contributed by atoms with Gasteiger partial charge in [0.25, 0.3) is 0 Å². The zero-order valence-corrected chi connectivity index (χ0v) is 12.6. The molecule has 16 heavy (non-hydrogen) atoms. The van der Waals surface area contributed by atoms with Crippen molar-refractivity contribution < 1.29 is 0 Å². The van der Waals surface area contributed by atoms with E-state index in [1.54, 1.807) is 0 Å². The molecule has 0 bridgehead atoms. The molecule has 1 heterocycles. The second kappa shape index (κ2) is 8.71. The molecule has 0 aromatic rings. The minimum Gasteiger partial charge on any atom is -0.313 e. The molecule has 0 radical (unpaired) electrons. The van der Waals surface area contributed by atoms with Gasteiger partial charge in [0, 0.05) is 28.6 Å². The summed E-state index contributed by atoms with van der Waals surface area (Å²) in [6.45, 7) is 8.13. The van der Waals surface area contributed by atoms with E-state index in [0.29, 0.717) is 0 Å². The average Bonchev–Trinajstić information content (AvgIpc) is 2.35. The minimum absolute atomic E-state index is 0.743. The lowest BCUT2D eigenvalue weighted by atomic mass is 9.92. The summed E-state index contributed by atoms with van der Waals surface area (Å²) in [7, 11) is 0. The average molecular weight is 261 g/mol. The van der Waals surface area contributed by atoms with Gasteiger partial charge in [0.05, 0.1) is 0 Å². The van der Waals surface area contributed by atoms with Gasteiger partial charge in [-0.2, -0.15) is 23.5 Å². The van der Waals surface area contributed by atoms with Crippen LogP contribution in [0.1, 0.15) is 40.0 Å². The largest absolute Gasteiger partial charge is 0.313 e. The number of hydrogen-bond donors (Lipinski definition) is 1. The Hall–Kier alpha value is 0.660. The van der Waals surface area contributed by atoms with Crippen molar-refractivity contribution in [2.45, 2.75) is 51.3 Å². The predicted molar refractivity (Wildman–Crippen MR) is 79.7 cm³/mol. The number of hydrogen-bond acceptors (Lipinski definition) is 3. The normalized spacial score (nSPS) is 23.6. The van der Waals surface area contributed by atoms with Gasteiger partial charge < -0.3 is 5.32 Å². The fourth-order valence-corrected chi connectivity index (χ4v) is 5.39. The molecule has 1 aliphatic heterocycles. The summed E-state index contributed by atoms with van der Waals surface area (Å²) in [5, 5.41) is 4.65. The van der Waals surface area contributed by atoms with Crippen molar-refractivity contribution in [1.29, 1.82) is 0 Å².